The standard InChI is InChI=1S/C22H29N3O3/c1-14-7-9-16(10-8-14)20(26)23-17-12-19-21(27)24-18(22(28)25(19)13-17)11-15-5-3-2-4-6-15/h7-10,15,17-19H,2-6,11-13H2,1H3,(H,23,26)(H,24,27)/t17-,18-,19-/m0/s1. The van der Waals surface area contributed by atoms with E-state index in [2.05, 4.69) is 10.6 Å². The van der Waals surface area contributed by atoms with Gasteiger partial charge in [0.1, 0.15) is 12.1 Å². The van der Waals surface area contributed by atoms with Crippen LogP contribution in [0.25, 0.3) is 0 Å². The van der Waals surface area contributed by atoms with Gasteiger partial charge in [-0.1, -0.05) is 49.8 Å². The van der Waals surface area contributed by atoms with Gasteiger partial charge in [-0.15, -0.1) is 0 Å². The number of carbonyl (C=O) groups is 3. The monoisotopic (exact) mass is 383 g/mol. The van der Waals surface area contributed by atoms with Crippen molar-refractivity contribution >= 4 is 17.7 Å². The number of carbonyl (C=O) groups excluding carboxylic acids is 3. The molecule has 1 aromatic carbocycles. The molecule has 0 unspecified atom stereocenters. The molecule has 2 N–H and O–H groups in total. The normalized spacial score (nSPS) is 28.0. The molecule has 150 valence electrons. The van der Waals surface area contributed by atoms with Crippen LogP contribution in [0.5, 0.6) is 0 Å². The van der Waals surface area contributed by atoms with Crippen molar-refractivity contribution in [2.24, 2.45) is 5.92 Å². The molecular formula is C22H29N3O3. The maximum Gasteiger partial charge on any atom is 0.251 e. The zero-order chi connectivity index (χ0) is 19.7. The molecule has 1 aliphatic carbocycles. The van der Waals surface area contributed by atoms with E-state index in [-0.39, 0.29) is 23.8 Å². The SMILES string of the molecule is Cc1ccc(C(=O)N[C@H]2C[C@H]3C(=O)N[C@@H](CC4CCCCC4)C(=O)N3C2)cc1. The van der Waals surface area contributed by atoms with Crippen molar-refractivity contribution in [3.63, 3.8) is 0 Å². The molecule has 2 saturated heterocycles. The second kappa shape index (κ2) is 7.94. The maximum absolute atomic E-state index is 13.0. The summed E-state index contributed by atoms with van der Waals surface area (Å²) < 4.78 is 0. The molecule has 3 fully saturated rings. The van der Waals surface area contributed by atoms with Gasteiger partial charge in [0.05, 0.1) is 0 Å². The highest BCUT2D eigenvalue weighted by molar-refractivity contribution is 5.98. The van der Waals surface area contributed by atoms with E-state index in [1.807, 2.05) is 19.1 Å². The number of aryl methyl sites for hydroxylation is 1. The van der Waals surface area contributed by atoms with E-state index >= 15 is 0 Å². The van der Waals surface area contributed by atoms with Crippen molar-refractivity contribution < 1.29 is 14.4 Å². The van der Waals surface area contributed by atoms with Crippen LogP contribution in [-0.2, 0) is 9.59 Å². The van der Waals surface area contributed by atoms with Gasteiger partial charge in [0.2, 0.25) is 11.8 Å². The van der Waals surface area contributed by atoms with Crippen LogP contribution in [0.2, 0.25) is 0 Å². The van der Waals surface area contributed by atoms with Gasteiger partial charge in [0, 0.05) is 18.2 Å². The first kappa shape index (κ1) is 19.0. The van der Waals surface area contributed by atoms with Gasteiger partial charge in [-0.2, -0.15) is 0 Å². The van der Waals surface area contributed by atoms with Crippen molar-refractivity contribution in [1.29, 1.82) is 0 Å². The minimum absolute atomic E-state index is 0.0160. The second-order valence-electron chi connectivity index (χ2n) is 8.58. The summed E-state index contributed by atoms with van der Waals surface area (Å²) >= 11 is 0. The van der Waals surface area contributed by atoms with Crippen molar-refractivity contribution in [2.75, 3.05) is 6.54 Å². The fourth-order valence-corrected chi connectivity index (χ4v) is 4.85. The Morgan fingerprint density at radius 2 is 1.86 bits per heavy atom. The predicted octanol–water partition coefficient (Wildman–Crippen LogP) is 2.16. The Hall–Kier alpha value is -2.37. The second-order valence-corrected chi connectivity index (χ2v) is 8.58. The number of amides is 3. The number of piperazine rings is 1. The van der Waals surface area contributed by atoms with E-state index in [4.69, 9.17) is 0 Å². The molecule has 0 spiro atoms. The van der Waals surface area contributed by atoms with Crippen molar-refractivity contribution in [1.82, 2.24) is 15.5 Å². The van der Waals surface area contributed by atoms with Crippen molar-refractivity contribution in [3.05, 3.63) is 35.4 Å². The largest absolute Gasteiger partial charge is 0.347 e. The Kier molecular flexibility index (Phi) is 5.38. The molecule has 1 aromatic rings. The molecule has 4 rings (SSSR count). The van der Waals surface area contributed by atoms with Crippen LogP contribution in [0, 0.1) is 12.8 Å². The summed E-state index contributed by atoms with van der Waals surface area (Å²) in [4.78, 5) is 39.7. The summed E-state index contributed by atoms with van der Waals surface area (Å²) in [5.74, 6) is 0.311. The van der Waals surface area contributed by atoms with Gasteiger partial charge in [0.15, 0.2) is 0 Å². The van der Waals surface area contributed by atoms with E-state index in [0.717, 1.165) is 24.8 Å². The maximum atomic E-state index is 13.0. The van der Waals surface area contributed by atoms with Gasteiger partial charge >= 0.3 is 0 Å². The molecule has 0 bridgehead atoms. The van der Waals surface area contributed by atoms with E-state index in [9.17, 15) is 14.4 Å². The smallest absolute Gasteiger partial charge is 0.251 e. The number of nitrogens with one attached hydrogen (secondary N) is 2. The predicted molar refractivity (Wildman–Crippen MR) is 106 cm³/mol. The number of fused-ring (bicyclic) bond motifs is 1. The lowest BCUT2D eigenvalue weighted by molar-refractivity contribution is -0.147. The third-order valence-corrected chi connectivity index (χ3v) is 6.44. The highest BCUT2D eigenvalue weighted by Gasteiger charge is 2.47. The quantitative estimate of drug-likeness (QED) is 0.836. The van der Waals surface area contributed by atoms with Crippen molar-refractivity contribution in [3.8, 4) is 0 Å². The average Bonchev–Trinajstić information content (AvgIpc) is 3.12. The molecule has 3 atom stereocenters. The van der Waals surface area contributed by atoms with Gasteiger partial charge < -0.3 is 15.5 Å². The molecule has 2 aliphatic heterocycles. The van der Waals surface area contributed by atoms with Gasteiger partial charge in [-0.05, 0) is 37.8 Å². The molecule has 3 aliphatic rings. The van der Waals surface area contributed by atoms with Crippen LogP contribution in [0.3, 0.4) is 0 Å². The Balaban J connectivity index is 1.38. The van der Waals surface area contributed by atoms with E-state index in [0.29, 0.717) is 24.4 Å². The molecule has 1 saturated carbocycles. The number of hydrogen-bond donors (Lipinski definition) is 2. The zero-order valence-electron chi connectivity index (χ0n) is 16.4. The molecule has 0 aromatic heterocycles. The summed E-state index contributed by atoms with van der Waals surface area (Å²) in [6.45, 7) is 2.39. The topological polar surface area (TPSA) is 78.5 Å². The number of rotatable bonds is 4. The minimum Gasteiger partial charge on any atom is -0.347 e. The first-order chi connectivity index (χ1) is 13.5. The van der Waals surface area contributed by atoms with Crippen LogP contribution in [0.1, 0.15) is 60.9 Å². The van der Waals surface area contributed by atoms with Gasteiger partial charge in [0.25, 0.3) is 5.91 Å². The summed E-state index contributed by atoms with van der Waals surface area (Å²) in [7, 11) is 0. The summed E-state index contributed by atoms with van der Waals surface area (Å²) in [6, 6.07) is 6.34. The van der Waals surface area contributed by atoms with Crippen molar-refractivity contribution in [2.45, 2.75) is 70.0 Å². The Morgan fingerprint density at radius 1 is 1.14 bits per heavy atom. The number of benzene rings is 1. The van der Waals surface area contributed by atoms with Crippen LogP contribution < -0.4 is 10.6 Å². The third-order valence-electron chi connectivity index (χ3n) is 6.44. The Bertz CT molecular complexity index is 755. The highest BCUT2D eigenvalue weighted by atomic mass is 16.2. The fraction of sp³-hybridized carbons (Fsp3) is 0.591. The van der Waals surface area contributed by atoms with Gasteiger partial charge in [-0.3, -0.25) is 14.4 Å². The van der Waals surface area contributed by atoms with Gasteiger partial charge in [-0.25, -0.2) is 0 Å². The summed E-state index contributed by atoms with van der Waals surface area (Å²) in [6.07, 6.45) is 7.24. The molecule has 28 heavy (non-hydrogen) atoms. The lowest BCUT2D eigenvalue weighted by atomic mass is 9.84. The molecular weight excluding hydrogens is 354 g/mol. The molecule has 3 amide bonds. The Labute approximate surface area is 166 Å². The third kappa shape index (κ3) is 3.91. The average molecular weight is 383 g/mol. The molecule has 2 heterocycles. The number of hydrogen-bond acceptors (Lipinski definition) is 3. The van der Waals surface area contributed by atoms with E-state index in [1.165, 1.54) is 19.3 Å². The lowest BCUT2D eigenvalue weighted by Gasteiger charge is -2.36. The fourth-order valence-electron chi connectivity index (χ4n) is 4.85. The first-order valence-electron chi connectivity index (χ1n) is 10.5. The van der Waals surface area contributed by atoms with Crippen LogP contribution in [0.15, 0.2) is 24.3 Å². The van der Waals surface area contributed by atoms with E-state index in [1.54, 1.807) is 17.0 Å². The lowest BCUT2D eigenvalue weighted by Crippen LogP contribution is -2.61. The first-order valence-corrected chi connectivity index (χ1v) is 10.5. The zero-order valence-corrected chi connectivity index (χ0v) is 16.4. The summed E-state index contributed by atoms with van der Waals surface area (Å²) in [5, 5.41) is 5.95. The van der Waals surface area contributed by atoms with E-state index < -0.39 is 12.1 Å². The molecule has 6 nitrogen and oxygen atoms in total. The highest BCUT2D eigenvalue weighted by Crippen LogP contribution is 2.30. The minimum atomic E-state index is -0.460. The van der Waals surface area contributed by atoms with Crippen LogP contribution in [-0.4, -0.2) is 47.3 Å². The molecule has 0 radical (unpaired) electrons. The van der Waals surface area contributed by atoms with Crippen LogP contribution in [0.4, 0.5) is 0 Å². The Morgan fingerprint density at radius 3 is 2.57 bits per heavy atom. The van der Waals surface area contributed by atoms with Crippen LogP contribution >= 0.6 is 0 Å². The summed E-state index contributed by atoms with van der Waals surface area (Å²) in [5.41, 5.74) is 1.70. The number of nitrogens with zero attached hydrogens (tertiary/aromatic N) is 1. The molecule has 6 heteroatoms.